The molecule has 0 aromatic rings. The highest BCUT2D eigenvalue weighted by Gasteiger charge is 2.38. The van der Waals surface area contributed by atoms with Crippen LogP contribution in [-0.4, -0.2) is 25.4 Å². The van der Waals surface area contributed by atoms with Gasteiger partial charge >= 0.3 is 0 Å². The molecule has 2 aliphatic heterocycles. The predicted molar refractivity (Wildman–Crippen MR) is 52.2 cm³/mol. The van der Waals surface area contributed by atoms with Gasteiger partial charge in [-0.3, -0.25) is 0 Å². The largest absolute Gasteiger partial charge is 0.357 e. The second kappa shape index (κ2) is 3.71. The molecule has 1 fully saturated rings. The average molecular weight is 198 g/mol. The Labute approximate surface area is 83.0 Å². The van der Waals surface area contributed by atoms with Crippen LogP contribution in [0.2, 0.25) is 0 Å². The summed E-state index contributed by atoms with van der Waals surface area (Å²) in [4.78, 5) is 0. The highest BCUT2D eigenvalue weighted by Crippen LogP contribution is 2.25. The number of halogens is 1. The highest BCUT2D eigenvalue weighted by atomic mass is 19.1. The Morgan fingerprint density at radius 1 is 1.64 bits per heavy atom. The molecule has 2 atom stereocenters. The van der Waals surface area contributed by atoms with Gasteiger partial charge in [-0.2, -0.15) is 0 Å². The fraction of sp³-hybridized carbons (Fsp3) is 0.600. The molecule has 3 nitrogen and oxygen atoms in total. The average Bonchev–Trinajstić information content (AvgIpc) is 2.73. The van der Waals surface area contributed by atoms with Gasteiger partial charge in [0.05, 0.1) is 6.04 Å². The summed E-state index contributed by atoms with van der Waals surface area (Å²) < 4.78 is 18.2. The Kier molecular flexibility index (Phi) is 2.56. The standard InChI is InChI=1S/C10H15FN2O/c1-14-10(9-3-2-6-12-9)5-4-8(11)7-13-10/h4-5,7,9,12-13H,2-3,6H2,1H3. The van der Waals surface area contributed by atoms with Crippen molar-refractivity contribution in [3.05, 3.63) is 24.2 Å². The van der Waals surface area contributed by atoms with Crippen LogP contribution >= 0.6 is 0 Å². The molecule has 2 unspecified atom stereocenters. The number of hydrogen-bond acceptors (Lipinski definition) is 3. The van der Waals surface area contributed by atoms with E-state index in [2.05, 4.69) is 10.6 Å². The molecule has 2 rings (SSSR count). The molecule has 0 aliphatic carbocycles. The van der Waals surface area contributed by atoms with Crippen LogP contribution < -0.4 is 10.6 Å². The molecule has 1 saturated heterocycles. The Bertz CT molecular complexity index is 271. The smallest absolute Gasteiger partial charge is 0.173 e. The number of methoxy groups -OCH3 is 1. The first kappa shape index (κ1) is 9.68. The summed E-state index contributed by atoms with van der Waals surface area (Å²) in [5.41, 5.74) is -0.577. The van der Waals surface area contributed by atoms with Gasteiger partial charge in [-0.05, 0) is 31.5 Å². The summed E-state index contributed by atoms with van der Waals surface area (Å²) in [6, 6.07) is 0.216. The minimum Gasteiger partial charge on any atom is -0.357 e. The number of ether oxygens (including phenoxy) is 1. The zero-order chi connectivity index (χ0) is 10.0. The quantitative estimate of drug-likeness (QED) is 0.696. The third-order valence-electron chi connectivity index (χ3n) is 2.84. The minimum absolute atomic E-state index is 0.216. The lowest BCUT2D eigenvalue weighted by Gasteiger charge is -2.37. The van der Waals surface area contributed by atoms with E-state index >= 15 is 0 Å². The van der Waals surface area contributed by atoms with Crippen molar-refractivity contribution in [1.29, 1.82) is 0 Å². The van der Waals surface area contributed by atoms with Crippen LogP contribution in [0.5, 0.6) is 0 Å². The van der Waals surface area contributed by atoms with E-state index in [4.69, 9.17) is 4.74 Å². The lowest BCUT2D eigenvalue weighted by Crippen LogP contribution is -2.57. The number of hydrogen-bond donors (Lipinski definition) is 2. The maximum absolute atomic E-state index is 12.8. The molecule has 0 spiro atoms. The molecule has 0 saturated carbocycles. The van der Waals surface area contributed by atoms with Crippen molar-refractivity contribution < 1.29 is 9.13 Å². The summed E-state index contributed by atoms with van der Waals surface area (Å²) >= 11 is 0. The normalized spacial score (nSPS) is 36.7. The second-order valence-corrected chi connectivity index (χ2v) is 3.65. The Morgan fingerprint density at radius 3 is 3.00 bits per heavy atom. The van der Waals surface area contributed by atoms with Crippen molar-refractivity contribution in [2.24, 2.45) is 0 Å². The lowest BCUT2D eigenvalue weighted by molar-refractivity contribution is -0.0147. The van der Waals surface area contributed by atoms with Crippen molar-refractivity contribution in [1.82, 2.24) is 10.6 Å². The first-order valence-electron chi connectivity index (χ1n) is 4.88. The molecular formula is C10H15FN2O. The molecule has 0 amide bonds. The Hall–Kier alpha value is -0.870. The van der Waals surface area contributed by atoms with E-state index in [1.165, 1.54) is 12.3 Å². The van der Waals surface area contributed by atoms with Crippen LogP contribution in [0.15, 0.2) is 24.2 Å². The second-order valence-electron chi connectivity index (χ2n) is 3.65. The summed E-state index contributed by atoms with van der Waals surface area (Å²) in [7, 11) is 1.63. The fourth-order valence-electron chi connectivity index (χ4n) is 2.02. The molecule has 2 heterocycles. The Balaban J connectivity index is 2.15. The summed E-state index contributed by atoms with van der Waals surface area (Å²) in [6.45, 7) is 0.998. The van der Waals surface area contributed by atoms with E-state index in [9.17, 15) is 4.39 Å². The van der Waals surface area contributed by atoms with Crippen LogP contribution in [0.25, 0.3) is 0 Å². The van der Waals surface area contributed by atoms with Crippen molar-refractivity contribution in [2.45, 2.75) is 24.6 Å². The number of allylic oxidation sites excluding steroid dienone is 2. The van der Waals surface area contributed by atoms with Gasteiger partial charge in [0, 0.05) is 13.3 Å². The van der Waals surface area contributed by atoms with Crippen LogP contribution in [0.1, 0.15) is 12.8 Å². The van der Waals surface area contributed by atoms with Crippen LogP contribution in [-0.2, 0) is 4.74 Å². The number of dihydropyridines is 1. The molecule has 0 bridgehead atoms. The van der Waals surface area contributed by atoms with E-state index < -0.39 is 5.72 Å². The van der Waals surface area contributed by atoms with Crippen LogP contribution in [0, 0.1) is 0 Å². The molecule has 2 aliphatic rings. The molecule has 0 aromatic carbocycles. The van der Waals surface area contributed by atoms with Gasteiger partial charge in [0.25, 0.3) is 0 Å². The van der Waals surface area contributed by atoms with Crippen LogP contribution in [0.4, 0.5) is 4.39 Å². The molecule has 78 valence electrons. The maximum Gasteiger partial charge on any atom is 0.173 e. The van der Waals surface area contributed by atoms with Gasteiger partial charge in [0.1, 0.15) is 5.83 Å². The van der Waals surface area contributed by atoms with Gasteiger partial charge in [-0.25, -0.2) is 4.39 Å². The summed E-state index contributed by atoms with van der Waals surface area (Å²) in [6.07, 6.45) is 6.72. The van der Waals surface area contributed by atoms with Crippen molar-refractivity contribution >= 4 is 0 Å². The van der Waals surface area contributed by atoms with Gasteiger partial charge in [0.15, 0.2) is 5.72 Å². The van der Waals surface area contributed by atoms with E-state index in [-0.39, 0.29) is 11.9 Å². The topological polar surface area (TPSA) is 33.3 Å². The molecule has 2 N–H and O–H groups in total. The van der Waals surface area contributed by atoms with Crippen LogP contribution in [0.3, 0.4) is 0 Å². The third-order valence-corrected chi connectivity index (χ3v) is 2.84. The van der Waals surface area contributed by atoms with Crippen molar-refractivity contribution in [3.63, 3.8) is 0 Å². The number of rotatable bonds is 2. The highest BCUT2D eigenvalue weighted by molar-refractivity contribution is 5.24. The van der Waals surface area contributed by atoms with Gasteiger partial charge in [0.2, 0.25) is 0 Å². The lowest BCUT2D eigenvalue weighted by atomic mass is 9.99. The zero-order valence-electron chi connectivity index (χ0n) is 8.22. The third kappa shape index (κ3) is 1.55. The van der Waals surface area contributed by atoms with Crippen molar-refractivity contribution in [2.75, 3.05) is 13.7 Å². The first-order chi connectivity index (χ1) is 6.77. The van der Waals surface area contributed by atoms with E-state index in [1.54, 1.807) is 13.2 Å². The summed E-state index contributed by atoms with van der Waals surface area (Å²) in [5.74, 6) is -0.268. The summed E-state index contributed by atoms with van der Waals surface area (Å²) in [5, 5.41) is 6.31. The molecule has 4 heteroatoms. The zero-order valence-corrected chi connectivity index (χ0v) is 8.22. The fourth-order valence-corrected chi connectivity index (χ4v) is 2.02. The monoisotopic (exact) mass is 198 g/mol. The van der Waals surface area contributed by atoms with E-state index in [1.807, 2.05) is 0 Å². The van der Waals surface area contributed by atoms with E-state index in [0.717, 1.165) is 19.4 Å². The molecular weight excluding hydrogens is 183 g/mol. The van der Waals surface area contributed by atoms with Gasteiger partial charge in [-0.15, -0.1) is 0 Å². The van der Waals surface area contributed by atoms with Gasteiger partial charge in [-0.1, -0.05) is 0 Å². The predicted octanol–water partition coefficient (Wildman–Crippen LogP) is 1.05. The maximum atomic E-state index is 12.8. The first-order valence-corrected chi connectivity index (χ1v) is 4.88. The minimum atomic E-state index is -0.577. The molecule has 0 radical (unpaired) electrons. The molecule has 14 heavy (non-hydrogen) atoms. The Morgan fingerprint density at radius 2 is 2.50 bits per heavy atom. The van der Waals surface area contributed by atoms with Crippen molar-refractivity contribution in [3.8, 4) is 0 Å². The van der Waals surface area contributed by atoms with Gasteiger partial charge < -0.3 is 15.4 Å². The van der Waals surface area contributed by atoms with E-state index in [0.29, 0.717) is 0 Å². The molecule has 0 aromatic heterocycles. The SMILES string of the molecule is COC1(C2CCCN2)C=CC(F)=CN1. The number of nitrogens with one attached hydrogen (secondary N) is 2.